The van der Waals surface area contributed by atoms with Crippen LogP contribution in [0.1, 0.15) is 116 Å². The first kappa shape index (κ1) is 70.7. The van der Waals surface area contributed by atoms with E-state index in [1.54, 1.807) is 55.4 Å². The molecule has 29 nitrogen and oxygen atoms in total. The largest absolute Gasteiger partial charge is 0.458 e. The molecule has 1 aliphatic carbocycles. The highest BCUT2D eigenvalue weighted by Crippen LogP contribution is 2.38. The summed E-state index contributed by atoms with van der Waals surface area (Å²) in [5.74, 6) is -13.4. The molecule has 4 saturated heterocycles. The average Bonchev–Trinajstić information content (AvgIpc) is 1.76. The summed E-state index contributed by atoms with van der Waals surface area (Å²) in [6, 6.07) is -8.54. The predicted molar refractivity (Wildman–Crippen MR) is 333 cm³/mol. The monoisotopic (exact) mass is 1400 g/mol. The Bertz CT molecular complexity index is 3450. The van der Waals surface area contributed by atoms with Crippen LogP contribution in [-0.2, 0) is 57.4 Å². The molecular formula is C60H80Br2N12O17. The van der Waals surface area contributed by atoms with Crippen molar-refractivity contribution in [2.24, 2.45) is 23.7 Å². The Labute approximate surface area is 542 Å². The van der Waals surface area contributed by atoms with Crippen LogP contribution >= 0.6 is 31.9 Å². The number of aromatic nitrogens is 1. The minimum Gasteiger partial charge on any atom is -0.458 e. The molecule has 0 spiro atoms. The molecular weight excluding hydrogens is 1320 g/mol. The van der Waals surface area contributed by atoms with Gasteiger partial charge in [-0.3, -0.25) is 52.7 Å². The topological polar surface area (TPSA) is 380 Å². The first-order valence-electron chi connectivity index (χ1n) is 30.1. The second-order valence-electron chi connectivity index (χ2n) is 24.9. The summed E-state index contributed by atoms with van der Waals surface area (Å²) in [5.41, 5.74) is 2.68. The number of hydrogen-bond acceptors (Lipinski definition) is 19. The first-order chi connectivity index (χ1) is 42.6. The van der Waals surface area contributed by atoms with Crippen LogP contribution in [0.25, 0.3) is 22.6 Å². The number of amides is 10. The summed E-state index contributed by atoms with van der Waals surface area (Å²) in [4.78, 5) is 199. The minimum atomic E-state index is -1.91. The number of carbonyl (C=O) groups is 12. The van der Waals surface area contributed by atoms with E-state index in [9.17, 15) is 57.8 Å². The number of carbonyl (C=O) groups excluding carboxylic acids is 12. The Hall–Kier alpha value is -7.80. The fourth-order valence-electron chi connectivity index (χ4n) is 12.0. The molecule has 0 aromatic heterocycles. The molecule has 496 valence electrons. The van der Waals surface area contributed by atoms with Crippen LogP contribution in [0.3, 0.4) is 0 Å². The lowest BCUT2D eigenvalue weighted by atomic mass is 9.99. The number of nitrogens with two attached hydrogens (primary N) is 1. The normalized spacial score (nSPS) is 26.1. The molecule has 7 N–H and O–H groups in total. The van der Waals surface area contributed by atoms with E-state index in [4.69, 9.17) is 24.6 Å². The van der Waals surface area contributed by atoms with Crippen LogP contribution in [0.15, 0.2) is 30.3 Å². The third-order valence-corrected chi connectivity index (χ3v) is 18.4. The number of benzene rings is 2. The van der Waals surface area contributed by atoms with E-state index < -0.39 is 203 Å². The molecule has 1 aromatic carbocycles. The predicted octanol–water partition coefficient (Wildman–Crippen LogP) is 0.954. The number of aliphatic hydroxyl groups is 1. The van der Waals surface area contributed by atoms with Gasteiger partial charge in [0.15, 0.2) is 11.3 Å². The van der Waals surface area contributed by atoms with Gasteiger partial charge in [0.25, 0.3) is 11.8 Å². The van der Waals surface area contributed by atoms with Crippen LogP contribution in [-0.4, -0.2) is 225 Å². The van der Waals surface area contributed by atoms with E-state index >= 15 is 9.59 Å². The van der Waals surface area contributed by atoms with E-state index in [-0.39, 0.29) is 51.5 Å². The third-order valence-electron chi connectivity index (χ3n) is 17.1. The van der Waals surface area contributed by atoms with Crippen molar-refractivity contribution in [3.63, 3.8) is 0 Å². The van der Waals surface area contributed by atoms with Gasteiger partial charge in [-0.1, -0.05) is 55.4 Å². The molecule has 10 amide bonds. The molecule has 1 aromatic rings. The van der Waals surface area contributed by atoms with Gasteiger partial charge < -0.3 is 75.4 Å². The van der Waals surface area contributed by atoms with E-state index in [1.165, 1.54) is 61.8 Å². The second kappa shape index (κ2) is 28.8. The summed E-state index contributed by atoms with van der Waals surface area (Å²) in [6.07, 6.45) is -1.95. The van der Waals surface area contributed by atoms with Crippen molar-refractivity contribution in [2.75, 3.05) is 59.8 Å². The summed E-state index contributed by atoms with van der Waals surface area (Å²) < 4.78 is 18.0. The van der Waals surface area contributed by atoms with Gasteiger partial charge in [-0.2, -0.15) is 0 Å². The number of nitrogens with zero attached hydrogens (tertiary/aromatic N) is 7. The molecule has 0 unspecified atom stereocenters. The van der Waals surface area contributed by atoms with Crippen LogP contribution in [0.5, 0.6) is 0 Å². The van der Waals surface area contributed by atoms with Gasteiger partial charge in [-0.25, -0.2) is 14.6 Å². The van der Waals surface area contributed by atoms with Gasteiger partial charge in [-0.15, -0.1) is 0 Å². The number of ether oxygens (including phenoxy) is 2. The van der Waals surface area contributed by atoms with Gasteiger partial charge in [-0.05, 0) is 107 Å². The standard InChI is InChI=1S/C60H80Br2N12O17/c1-25(2)40-57(85)73-20-14-16-33(73)55(83)69(11)22-35(76)70(12)46(27(5)6)59(87)90-30(10)43(54(82)66-40)68-52(80)37-39(63)48(78)38(62)50-45(37)64-44-31(18-19-32(61)49(44)91-50)51(79)67-42-29(9)89-60(88)47(28(7)8)71(13)36(77)23-72(24-75)56(84)34-17-15-21-74(34)58(86)41(26(3)4)65-53(42)81/h18-19,25-30,33-34,40-43,46-47,75H,14-17,20-24,63H2,1-13H3,(H,65,81)(H,66,82)(H,67,79)(H,68,80)/t29-,30-,33+,34+,40-,41-,42+,43+,46+,47+/m1/s1. The number of rotatable bonds is 9. The van der Waals surface area contributed by atoms with Crippen molar-refractivity contribution in [1.29, 1.82) is 0 Å². The number of fused-ring (bicyclic) bond motifs is 4. The highest BCUT2D eigenvalue weighted by molar-refractivity contribution is 9.11. The zero-order valence-corrected chi connectivity index (χ0v) is 56.2. The first-order valence-corrected chi connectivity index (χ1v) is 31.7. The maximum absolute atomic E-state index is 15.2. The third kappa shape index (κ3) is 14.5. The van der Waals surface area contributed by atoms with Crippen LogP contribution < -0.4 is 32.4 Å². The Morgan fingerprint density at radius 3 is 1.59 bits per heavy atom. The van der Waals surface area contributed by atoms with E-state index in [1.807, 2.05) is 0 Å². The number of nitrogen functional groups attached to an aromatic ring is 1. The Morgan fingerprint density at radius 2 is 1.13 bits per heavy atom. The zero-order chi connectivity index (χ0) is 67.7. The van der Waals surface area contributed by atoms with E-state index in [2.05, 4.69) is 53.1 Å². The number of nitrogens with one attached hydrogen (secondary N) is 4. The molecule has 7 rings (SSSR count). The fraction of sp³-hybridized carbons (Fsp3) is 0.600. The van der Waals surface area contributed by atoms with Crippen LogP contribution in [0.4, 0.5) is 5.69 Å². The van der Waals surface area contributed by atoms with Crippen molar-refractivity contribution in [1.82, 2.24) is 55.7 Å². The van der Waals surface area contributed by atoms with Crippen molar-refractivity contribution < 1.29 is 76.5 Å². The maximum Gasteiger partial charge on any atom is 0.329 e. The molecule has 10 atom stereocenters. The van der Waals surface area contributed by atoms with Gasteiger partial charge in [0, 0.05) is 34.2 Å². The SMILES string of the molecule is CC(C)[C@H]1C(=O)O[C@H](C)[C@H](NC(=O)c2c3nc4c(C(=O)N[C@@H]5C(=O)N[C@H](C(C)C)C(=O)N6CCC[C@H]6C(=O)N(CO)CC(=O)N(C)[C@@H](C(C)C)C(=O)O[C@@H]5C)ccc(Br)c4oc-3c(Br)c(=O)c2N)C(=O)N[C@H](C(C)C)C(=O)N2CCC[C@H]2C(=O)N(C)CC(=O)N1C. The molecule has 31 heteroatoms. The smallest absolute Gasteiger partial charge is 0.329 e. The molecule has 5 aliphatic heterocycles. The lowest BCUT2D eigenvalue weighted by molar-refractivity contribution is -0.164. The van der Waals surface area contributed by atoms with Crippen molar-refractivity contribution in [3.8, 4) is 11.5 Å². The Balaban J connectivity index is 1.32. The number of cyclic esters (lactones) is 2. The number of esters is 2. The quantitative estimate of drug-likeness (QED) is 0.0987. The molecule has 6 aliphatic rings. The number of halogens is 2. The van der Waals surface area contributed by atoms with Crippen LogP contribution in [0.2, 0.25) is 0 Å². The number of aliphatic hydroxyl groups excluding tert-OH is 1. The number of hydrogen-bond donors (Lipinski definition) is 6. The highest BCUT2D eigenvalue weighted by atomic mass is 79.9. The maximum atomic E-state index is 15.2. The van der Waals surface area contributed by atoms with E-state index in [0.717, 1.165) is 14.7 Å². The number of likely N-dealkylation sites (N-methyl/N-ethyl adjacent to an activating group) is 3. The van der Waals surface area contributed by atoms with Crippen molar-refractivity contribution in [3.05, 3.63) is 42.4 Å². The number of anilines is 1. The summed E-state index contributed by atoms with van der Waals surface area (Å²) in [6.45, 7) is 13.9. The van der Waals surface area contributed by atoms with Crippen molar-refractivity contribution in [2.45, 2.75) is 155 Å². The highest BCUT2D eigenvalue weighted by Gasteiger charge is 2.47. The Kier molecular flexibility index (Phi) is 22.4. The second-order valence-corrected chi connectivity index (χ2v) is 26.5. The van der Waals surface area contributed by atoms with Gasteiger partial charge in [0.1, 0.15) is 89.5 Å². The molecule has 0 saturated carbocycles. The zero-order valence-electron chi connectivity index (χ0n) is 53.0. The van der Waals surface area contributed by atoms with Gasteiger partial charge in [0.05, 0.1) is 27.8 Å². The van der Waals surface area contributed by atoms with Gasteiger partial charge in [0.2, 0.25) is 52.7 Å². The van der Waals surface area contributed by atoms with Gasteiger partial charge >= 0.3 is 11.9 Å². The van der Waals surface area contributed by atoms with Crippen molar-refractivity contribution >= 4 is 120 Å². The summed E-state index contributed by atoms with van der Waals surface area (Å²) in [7, 11) is 4.06. The summed E-state index contributed by atoms with van der Waals surface area (Å²) >= 11 is 6.63. The lowest BCUT2D eigenvalue weighted by Crippen LogP contribution is -2.61. The van der Waals surface area contributed by atoms with Crippen LogP contribution in [0, 0.1) is 23.7 Å². The average molecular weight is 1400 g/mol. The van der Waals surface area contributed by atoms with E-state index in [0.29, 0.717) is 12.8 Å². The molecule has 5 heterocycles. The molecule has 0 bridgehead atoms. The summed E-state index contributed by atoms with van der Waals surface area (Å²) in [5, 5.41) is 20.9. The molecule has 91 heavy (non-hydrogen) atoms. The molecule has 0 radical (unpaired) electrons. The Morgan fingerprint density at radius 1 is 0.670 bits per heavy atom. The fourth-order valence-corrected chi connectivity index (χ4v) is 12.9. The molecule has 4 fully saturated rings. The lowest BCUT2D eigenvalue weighted by Gasteiger charge is -2.36. The minimum absolute atomic E-state index is 0.0882.